The fraction of sp³-hybridized carbons (Fsp3) is 0.153. The molecule has 0 saturated heterocycles. The van der Waals surface area contributed by atoms with Crippen LogP contribution in [0.2, 0.25) is 10.0 Å². The zero-order valence-electron chi connectivity index (χ0n) is 64.8. The summed E-state index contributed by atoms with van der Waals surface area (Å²) >= 11 is 16.7. The van der Waals surface area contributed by atoms with Crippen molar-refractivity contribution in [2.24, 2.45) is 0 Å². The third kappa shape index (κ3) is 28.2. The number of pyridine rings is 1. The largest absolute Gasteiger partial charge is 0.454 e. The van der Waals surface area contributed by atoms with E-state index in [0.29, 0.717) is 99.9 Å². The molecule has 0 fully saturated rings. The molecule has 0 spiro atoms. The van der Waals surface area contributed by atoms with Crippen LogP contribution in [0.15, 0.2) is 220 Å². The van der Waals surface area contributed by atoms with Gasteiger partial charge in [-0.25, -0.2) is 82.9 Å². The number of nitrogens with zero attached hydrogens (tertiary/aromatic N) is 15. The smallest absolute Gasteiger partial charge is 0.287 e. The van der Waals surface area contributed by atoms with Crippen LogP contribution in [-0.4, -0.2) is 104 Å². The minimum atomic E-state index is -3.04. The summed E-state index contributed by atoms with van der Waals surface area (Å²) in [4.78, 5) is 122. The van der Waals surface area contributed by atoms with Gasteiger partial charge in [0.1, 0.15) is 104 Å². The summed E-state index contributed by atoms with van der Waals surface area (Å²) in [6.45, 7) is 9.47. The summed E-state index contributed by atoms with van der Waals surface area (Å²) < 4.78 is 108. The molecule has 25 nitrogen and oxygen atoms in total. The van der Waals surface area contributed by atoms with Crippen molar-refractivity contribution >= 4 is 97.5 Å². The van der Waals surface area contributed by atoms with Crippen molar-refractivity contribution in [3.05, 3.63) is 333 Å². The van der Waals surface area contributed by atoms with E-state index in [1.165, 1.54) is 136 Å². The molecule has 5 aromatic carbocycles. The van der Waals surface area contributed by atoms with E-state index in [-0.39, 0.29) is 88.6 Å². The van der Waals surface area contributed by atoms with Gasteiger partial charge in [-0.05, 0) is 131 Å². The van der Waals surface area contributed by atoms with E-state index in [9.17, 15) is 50.3 Å². The third-order valence-corrected chi connectivity index (χ3v) is 20.0. The monoisotopic (exact) mass is 1770 g/mol. The van der Waals surface area contributed by atoms with Gasteiger partial charge in [-0.15, -0.1) is 34.0 Å². The first-order valence-corrected chi connectivity index (χ1v) is 40.2. The molecule has 10 aromatic heterocycles. The van der Waals surface area contributed by atoms with Crippen molar-refractivity contribution in [3.63, 3.8) is 0 Å². The summed E-state index contributed by atoms with van der Waals surface area (Å²) in [6, 6.07) is 27.9. The van der Waals surface area contributed by atoms with E-state index in [0.717, 1.165) is 80.7 Å². The Morgan fingerprint density at radius 2 is 0.787 bits per heavy atom. The summed E-state index contributed by atoms with van der Waals surface area (Å²) in [7, 11) is 0. The van der Waals surface area contributed by atoms with Crippen LogP contribution in [0.1, 0.15) is 131 Å². The molecule has 122 heavy (non-hydrogen) atoms. The van der Waals surface area contributed by atoms with Gasteiger partial charge < -0.3 is 23.7 Å². The van der Waals surface area contributed by atoms with Crippen LogP contribution >= 0.6 is 68.5 Å². The van der Waals surface area contributed by atoms with Crippen molar-refractivity contribution in [1.29, 1.82) is 0 Å². The van der Waals surface area contributed by atoms with Gasteiger partial charge in [0.15, 0.2) is 62.8 Å². The van der Waals surface area contributed by atoms with Crippen LogP contribution in [0, 0.1) is 44.5 Å². The molecule has 15 rings (SSSR count). The van der Waals surface area contributed by atoms with Gasteiger partial charge in [0.05, 0.1) is 105 Å². The Labute approximate surface area is 718 Å². The van der Waals surface area contributed by atoms with Gasteiger partial charge in [0.2, 0.25) is 0 Å². The predicted molar refractivity (Wildman–Crippen MR) is 444 cm³/mol. The number of halogens is 8. The average Bonchev–Trinajstić information content (AvgIpc) is 1.79. The lowest BCUT2D eigenvalue weighted by Gasteiger charge is -2.08. The maximum atomic E-state index is 13.8. The van der Waals surface area contributed by atoms with Crippen LogP contribution in [0.3, 0.4) is 0 Å². The predicted octanol–water partition coefficient (Wildman–Crippen LogP) is 20.8. The summed E-state index contributed by atoms with van der Waals surface area (Å²) in [5.74, 6) is -1.57. The number of aromatic nitrogens is 15. The van der Waals surface area contributed by atoms with Crippen molar-refractivity contribution < 1.29 is 74.0 Å². The highest BCUT2D eigenvalue weighted by Crippen LogP contribution is 2.34. The van der Waals surface area contributed by atoms with E-state index in [2.05, 4.69) is 74.8 Å². The highest BCUT2D eigenvalue weighted by molar-refractivity contribution is 7.11. The number of hydrogen-bond acceptors (Lipinski definition) is 29. The lowest BCUT2D eigenvalue weighted by Crippen LogP contribution is -2.09. The lowest BCUT2D eigenvalue weighted by atomic mass is 10.1. The van der Waals surface area contributed by atoms with Crippen LogP contribution in [-0.2, 0) is 38.0 Å². The van der Waals surface area contributed by atoms with Crippen molar-refractivity contribution in [1.82, 2.24) is 74.8 Å². The molecule has 15 aromatic rings. The molecule has 1 unspecified atom stereocenters. The molecule has 1 atom stereocenters. The number of ketones is 5. The molecule has 620 valence electrons. The fourth-order valence-electron chi connectivity index (χ4n) is 10.6. The minimum absolute atomic E-state index is 0.0252. The molecule has 10 heterocycles. The molecule has 37 heteroatoms. The highest BCUT2D eigenvalue weighted by atomic mass is 35.5. The SMILES string of the molecule is CC(F)(F)c1csc(CC(=O)c2cc(Cl)cc(Oc3cncnc3)c2)n1.CC(F)c1csc(CC(=O)c2cc(F)cc(Oc3cncnc3)c2)n1.Cc1cc(Oc2cncnc2)cc(C(=O)Cc2ncc(C)s2)c1.Cc1cccc(CC(=O)c2cc(Cl)cc(Oc3cncnc3)c2)n1.Cc1nc(CC(=O)c2cc(F)cc(Oc3cncnc3)c2)sc1F. The van der Waals surface area contributed by atoms with E-state index in [1.807, 2.05) is 51.1 Å². The fourth-order valence-corrected chi connectivity index (χ4v) is 14.3. The van der Waals surface area contributed by atoms with Gasteiger partial charge in [0.25, 0.3) is 5.92 Å². The first-order chi connectivity index (χ1) is 58.5. The Morgan fingerprint density at radius 3 is 1.16 bits per heavy atom. The number of benzene rings is 5. The Balaban J connectivity index is 0.000000149. The molecular formula is C85H65Cl2F6N15O10S4. The Hall–Kier alpha value is -13.3. The zero-order chi connectivity index (χ0) is 86.8. The van der Waals surface area contributed by atoms with Crippen LogP contribution < -0.4 is 23.7 Å². The van der Waals surface area contributed by atoms with Crippen molar-refractivity contribution in [3.8, 4) is 57.5 Å². The topological polar surface area (TPSA) is 325 Å². The van der Waals surface area contributed by atoms with Gasteiger partial charge >= 0.3 is 0 Å². The number of thiazole rings is 4. The average molecular weight is 1770 g/mol. The molecule has 0 saturated carbocycles. The quantitative estimate of drug-likeness (QED) is 0.0341. The number of carbonyl (C=O) groups excluding carboxylic acids is 5. The Morgan fingerprint density at radius 1 is 0.410 bits per heavy atom. The summed E-state index contributed by atoms with van der Waals surface area (Å²) in [5.41, 5.74) is 4.40. The molecular weight excluding hydrogens is 1700 g/mol. The van der Waals surface area contributed by atoms with Crippen molar-refractivity contribution in [2.75, 3.05) is 0 Å². The van der Waals surface area contributed by atoms with Crippen LogP contribution in [0.4, 0.5) is 26.3 Å². The van der Waals surface area contributed by atoms with Gasteiger partial charge in [0, 0.05) is 90.1 Å². The van der Waals surface area contributed by atoms with Crippen molar-refractivity contribution in [2.45, 2.75) is 85.7 Å². The second-order valence-corrected chi connectivity index (χ2v) is 31.1. The first kappa shape index (κ1) is 89.5. The lowest BCUT2D eigenvalue weighted by molar-refractivity contribution is 0.0132. The highest BCUT2D eigenvalue weighted by Gasteiger charge is 2.29. The number of Topliss-reactive ketones (excluding diaryl/α,β-unsaturated/α-hetero) is 5. The minimum Gasteiger partial charge on any atom is -0.454 e. The molecule has 0 bridgehead atoms. The standard InChI is InChI=1S/C18H14ClN3O2.C17H12ClF2N3O2S.C17H13F2N3O2S.C17H15N3O2S.C16H11F2N3O2S/c1-12-3-2-4-15(22-12)8-18(23)13-5-14(19)7-16(6-13)24-17-9-20-11-21-10-17;1-17(19,20)15-8-26-16(23-15)5-14(24)10-2-11(18)4-12(3-10)25-13-6-21-9-22-7-13;1-10(18)15-8-25-17(22-15)5-16(23)11-2-12(19)4-13(3-11)24-14-6-20-9-21-7-14;1-11-3-13(16(21)6-17-20-7-12(2)23-17)5-14(4-11)22-15-8-18-10-19-9-15;1-9-16(18)24-15(21-9)5-14(22)10-2-11(17)4-12(3-10)23-13-6-19-8-20-7-13/h2-7,9-11H,8H2,1H3;2-4,6-9H,5H2,1H3;2-4,6-10H,5H2,1H3;3-5,7-10H,6H2,1-2H3;2-4,6-8H,5H2,1H3. The van der Waals surface area contributed by atoms with E-state index in [1.54, 1.807) is 65.6 Å². The normalized spacial score (nSPS) is 11.0. The third-order valence-electron chi connectivity index (χ3n) is 16.0. The number of alkyl halides is 3. The number of rotatable bonds is 27. The Kier molecular flexibility index (Phi) is 31.6. The summed E-state index contributed by atoms with van der Waals surface area (Å²) in [6.07, 6.45) is 22.6. The van der Waals surface area contributed by atoms with E-state index in [4.69, 9.17) is 46.9 Å². The second kappa shape index (κ2) is 43.1. The number of ether oxygens (including phenoxy) is 5. The first-order valence-electron chi connectivity index (χ1n) is 36.0. The summed E-state index contributed by atoms with van der Waals surface area (Å²) in [5, 5.41) is 5.09. The molecule has 0 aliphatic heterocycles. The molecule has 0 amide bonds. The van der Waals surface area contributed by atoms with Crippen LogP contribution in [0.25, 0.3) is 0 Å². The molecule has 0 N–H and O–H groups in total. The van der Waals surface area contributed by atoms with Gasteiger partial charge in [-0.1, -0.05) is 40.6 Å². The van der Waals surface area contributed by atoms with Crippen LogP contribution in [0.5, 0.6) is 57.5 Å². The Bertz CT molecular complexity index is 6090. The number of hydrogen-bond donors (Lipinski definition) is 0. The van der Waals surface area contributed by atoms with E-state index >= 15 is 0 Å². The maximum Gasteiger partial charge on any atom is 0.287 e. The van der Waals surface area contributed by atoms with Gasteiger partial charge in [-0.3, -0.25) is 29.0 Å². The second-order valence-electron chi connectivity index (χ2n) is 26.0. The zero-order valence-corrected chi connectivity index (χ0v) is 69.6. The molecule has 0 aliphatic rings. The molecule has 0 aliphatic carbocycles. The molecule has 0 radical (unpaired) electrons. The van der Waals surface area contributed by atoms with Gasteiger partial charge in [-0.2, -0.15) is 13.2 Å². The number of aryl methyl sites for hydroxylation is 4. The number of carbonyl (C=O) groups is 5. The van der Waals surface area contributed by atoms with E-state index < -0.39 is 28.9 Å². The maximum absolute atomic E-state index is 13.8.